The highest BCUT2D eigenvalue weighted by atomic mass is 19.1. The van der Waals surface area contributed by atoms with Gasteiger partial charge < -0.3 is 9.90 Å². The van der Waals surface area contributed by atoms with Crippen LogP contribution in [0, 0.1) is 0 Å². The lowest BCUT2D eigenvalue weighted by molar-refractivity contribution is -0.111. The second-order valence-corrected chi connectivity index (χ2v) is 2.52. The van der Waals surface area contributed by atoms with Crippen LogP contribution in [0.5, 0.6) is 5.75 Å². The fourth-order valence-corrected chi connectivity index (χ4v) is 0.905. The van der Waals surface area contributed by atoms with Crippen molar-refractivity contribution in [3.8, 4) is 5.75 Å². The van der Waals surface area contributed by atoms with Gasteiger partial charge in [-0.2, -0.15) is 0 Å². The predicted octanol–water partition coefficient (Wildman–Crippen LogP) is 1.47. The van der Waals surface area contributed by atoms with Crippen molar-refractivity contribution in [2.24, 2.45) is 0 Å². The lowest BCUT2D eigenvalue weighted by Gasteiger charge is -2.00. The molecule has 1 unspecified atom stereocenters. The molecular formula is C9H9FO2. The molecule has 1 aromatic rings. The van der Waals surface area contributed by atoms with Gasteiger partial charge in [0.15, 0.2) is 12.5 Å². The van der Waals surface area contributed by atoms with E-state index in [1.165, 1.54) is 12.1 Å². The van der Waals surface area contributed by atoms with Crippen molar-refractivity contribution in [3.05, 3.63) is 29.8 Å². The maximum absolute atomic E-state index is 12.5. The number of phenols is 1. The van der Waals surface area contributed by atoms with Gasteiger partial charge in [0.05, 0.1) is 0 Å². The largest absolute Gasteiger partial charge is 0.508 e. The zero-order chi connectivity index (χ0) is 8.97. The highest BCUT2D eigenvalue weighted by Crippen LogP contribution is 2.11. The molecule has 64 valence electrons. The summed E-state index contributed by atoms with van der Waals surface area (Å²) >= 11 is 0. The number of alkyl halides is 1. The lowest BCUT2D eigenvalue weighted by Crippen LogP contribution is -2.05. The molecule has 0 aliphatic rings. The maximum atomic E-state index is 12.5. The van der Waals surface area contributed by atoms with Gasteiger partial charge in [-0.3, -0.25) is 0 Å². The Morgan fingerprint density at radius 3 is 2.50 bits per heavy atom. The topological polar surface area (TPSA) is 37.3 Å². The normalized spacial score (nSPS) is 12.4. The van der Waals surface area contributed by atoms with E-state index in [2.05, 4.69) is 0 Å². The Bertz CT molecular complexity index is 256. The number of hydrogen-bond acceptors (Lipinski definition) is 2. The highest BCUT2D eigenvalue weighted by Gasteiger charge is 2.04. The summed E-state index contributed by atoms with van der Waals surface area (Å²) in [6.45, 7) is 0. The molecule has 0 amide bonds. The molecule has 2 nitrogen and oxygen atoms in total. The number of carbonyl (C=O) groups excluding carboxylic acids is 1. The van der Waals surface area contributed by atoms with Crippen LogP contribution < -0.4 is 0 Å². The Kier molecular flexibility index (Phi) is 2.80. The Hall–Kier alpha value is -1.38. The average Bonchev–Trinajstić information content (AvgIpc) is 2.09. The van der Waals surface area contributed by atoms with Crippen LogP contribution in [0.25, 0.3) is 0 Å². The second-order valence-electron chi connectivity index (χ2n) is 2.52. The minimum Gasteiger partial charge on any atom is -0.508 e. The van der Waals surface area contributed by atoms with Gasteiger partial charge in [0.1, 0.15) is 5.75 Å². The number of halogens is 1. The molecule has 0 radical (unpaired) electrons. The van der Waals surface area contributed by atoms with E-state index in [0.717, 1.165) is 0 Å². The quantitative estimate of drug-likeness (QED) is 0.694. The van der Waals surface area contributed by atoms with E-state index in [1.807, 2.05) is 0 Å². The lowest BCUT2D eigenvalue weighted by atomic mass is 10.1. The number of aromatic hydroxyl groups is 1. The van der Waals surface area contributed by atoms with E-state index in [4.69, 9.17) is 5.11 Å². The first-order valence-corrected chi connectivity index (χ1v) is 3.59. The minimum atomic E-state index is -1.45. The Morgan fingerprint density at radius 2 is 2.00 bits per heavy atom. The molecule has 1 aromatic carbocycles. The summed E-state index contributed by atoms with van der Waals surface area (Å²) in [6, 6.07) is 6.11. The second kappa shape index (κ2) is 3.85. The Balaban J connectivity index is 2.64. The van der Waals surface area contributed by atoms with E-state index >= 15 is 0 Å². The monoisotopic (exact) mass is 168 g/mol. The van der Waals surface area contributed by atoms with Gasteiger partial charge in [-0.05, 0) is 17.7 Å². The number of rotatable bonds is 3. The van der Waals surface area contributed by atoms with Crippen LogP contribution in [0.2, 0.25) is 0 Å². The van der Waals surface area contributed by atoms with Gasteiger partial charge in [-0.25, -0.2) is 4.39 Å². The molecule has 0 aliphatic carbocycles. The van der Waals surface area contributed by atoms with E-state index in [0.29, 0.717) is 5.56 Å². The summed E-state index contributed by atoms with van der Waals surface area (Å²) in [6.07, 6.45) is -1.11. The predicted molar refractivity (Wildman–Crippen MR) is 42.8 cm³/mol. The van der Waals surface area contributed by atoms with Crippen molar-refractivity contribution in [1.82, 2.24) is 0 Å². The summed E-state index contributed by atoms with van der Waals surface area (Å²) in [7, 11) is 0. The molecule has 3 heteroatoms. The van der Waals surface area contributed by atoms with Crippen LogP contribution in [0.1, 0.15) is 5.56 Å². The molecule has 0 bridgehead atoms. The van der Waals surface area contributed by atoms with Crippen LogP contribution >= 0.6 is 0 Å². The van der Waals surface area contributed by atoms with Crippen LogP contribution in [-0.2, 0) is 11.2 Å². The maximum Gasteiger partial charge on any atom is 0.159 e. The van der Waals surface area contributed by atoms with Gasteiger partial charge in [0.25, 0.3) is 0 Å². The molecule has 0 spiro atoms. The number of hydrogen-bond donors (Lipinski definition) is 1. The summed E-state index contributed by atoms with van der Waals surface area (Å²) in [5.41, 5.74) is 0.701. The third-order valence-corrected chi connectivity index (χ3v) is 1.51. The smallest absolute Gasteiger partial charge is 0.159 e. The van der Waals surface area contributed by atoms with Crippen molar-refractivity contribution in [2.45, 2.75) is 12.6 Å². The molecule has 0 fully saturated rings. The van der Waals surface area contributed by atoms with Gasteiger partial charge in [0, 0.05) is 6.42 Å². The van der Waals surface area contributed by atoms with Crippen LogP contribution in [-0.4, -0.2) is 17.6 Å². The van der Waals surface area contributed by atoms with Crippen LogP contribution in [0.3, 0.4) is 0 Å². The van der Waals surface area contributed by atoms with Gasteiger partial charge in [-0.15, -0.1) is 0 Å². The standard InChI is InChI=1S/C9H9FO2/c10-8(6-11)5-7-1-3-9(12)4-2-7/h1-4,6,8,12H,5H2. The van der Waals surface area contributed by atoms with Crippen LogP contribution in [0.15, 0.2) is 24.3 Å². The minimum absolute atomic E-state index is 0.0732. The molecule has 1 atom stereocenters. The van der Waals surface area contributed by atoms with E-state index in [1.54, 1.807) is 12.1 Å². The van der Waals surface area contributed by atoms with Gasteiger partial charge in [-0.1, -0.05) is 12.1 Å². The van der Waals surface area contributed by atoms with E-state index in [-0.39, 0.29) is 18.5 Å². The van der Waals surface area contributed by atoms with E-state index in [9.17, 15) is 9.18 Å². The van der Waals surface area contributed by atoms with Crippen molar-refractivity contribution >= 4 is 6.29 Å². The van der Waals surface area contributed by atoms with Crippen molar-refractivity contribution in [3.63, 3.8) is 0 Å². The fraction of sp³-hybridized carbons (Fsp3) is 0.222. The highest BCUT2D eigenvalue weighted by molar-refractivity contribution is 5.56. The first-order chi connectivity index (χ1) is 5.72. The van der Waals surface area contributed by atoms with Gasteiger partial charge in [0.2, 0.25) is 0 Å². The van der Waals surface area contributed by atoms with E-state index < -0.39 is 6.17 Å². The molecule has 0 aromatic heterocycles. The zero-order valence-corrected chi connectivity index (χ0v) is 6.40. The van der Waals surface area contributed by atoms with Crippen molar-refractivity contribution in [2.75, 3.05) is 0 Å². The number of phenolic OH excluding ortho intramolecular Hbond substituents is 1. The molecule has 1 rings (SSSR count). The average molecular weight is 168 g/mol. The molecule has 12 heavy (non-hydrogen) atoms. The van der Waals surface area contributed by atoms with Gasteiger partial charge >= 0.3 is 0 Å². The Morgan fingerprint density at radius 1 is 1.42 bits per heavy atom. The summed E-state index contributed by atoms with van der Waals surface area (Å²) in [5, 5.41) is 8.88. The van der Waals surface area contributed by atoms with Crippen molar-refractivity contribution < 1.29 is 14.3 Å². The molecule has 0 heterocycles. The number of benzene rings is 1. The fourth-order valence-electron chi connectivity index (χ4n) is 0.905. The molecule has 1 N–H and O–H groups in total. The number of carbonyl (C=O) groups is 1. The molecule has 0 aliphatic heterocycles. The summed E-state index contributed by atoms with van der Waals surface area (Å²) < 4.78 is 12.5. The first kappa shape index (κ1) is 8.71. The van der Waals surface area contributed by atoms with Crippen LogP contribution in [0.4, 0.5) is 4.39 Å². The third-order valence-electron chi connectivity index (χ3n) is 1.51. The third kappa shape index (κ3) is 2.34. The molecular weight excluding hydrogens is 159 g/mol. The SMILES string of the molecule is O=CC(F)Cc1ccc(O)cc1. The molecule has 0 saturated heterocycles. The molecule has 0 saturated carbocycles. The Labute approximate surface area is 69.6 Å². The zero-order valence-electron chi connectivity index (χ0n) is 6.40. The summed E-state index contributed by atoms with van der Waals surface area (Å²) in [4.78, 5) is 9.95. The summed E-state index contributed by atoms with van der Waals surface area (Å²) in [5.74, 6) is 0.139. The number of aldehydes is 1. The first-order valence-electron chi connectivity index (χ1n) is 3.59. The van der Waals surface area contributed by atoms with Crippen molar-refractivity contribution in [1.29, 1.82) is 0 Å².